The van der Waals surface area contributed by atoms with E-state index < -0.39 is 0 Å². The van der Waals surface area contributed by atoms with Crippen LogP contribution in [0.2, 0.25) is 0 Å². The van der Waals surface area contributed by atoms with Crippen molar-refractivity contribution in [1.82, 2.24) is 10.3 Å². The molecule has 1 aromatic heterocycles. The number of nitrogens with one attached hydrogen (secondary N) is 1. The lowest BCUT2D eigenvalue weighted by Crippen LogP contribution is -2.38. The molecule has 1 atom stereocenters. The Bertz CT molecular complexity index is 262. The molecule has 1 rings (SSSR count). The van der Waals surface area contributed by atoms with Crippen molar-refractivity contribution in [3.8, 4) is 0 Å². The number of aliphatic hydroxyl groups is 1. The van der Waals surface area contributed by atoms with E-state index in [4.69, 9.17) is 5.11 Å². The van der Waals surface area contributed by atoms with Gasteiger partial charge in [-0.25, -0.2) is 0 Å². The van der Waals surface area contributed by atoms with Gasteiger partial charge in [0.25, 0.3) is 0 Å². The standard InChI is InChI=1S/C12H20N2O/c1-10(2)12(9-15)14-8-6-11-5-3-4-7-13-11/h3-5,7,10,12,14-15H,6,8-9H2,1-2H3/t12-/m1/s1. The molecule has 1 aromatic rings. The van der Waals surface area contributed by atoms with Gasteiger partial charge in [0.2, 0.25) is 0 Å². The third kappa shape index (κ3) is 4.40. The van der Waals surface area contributed by atoms with Crippen LogP contribution in [0.5, 0.6) is 0 Å². The molecule has 15 heavy (non-hydrogen) atoms. The fourth-order valence-electron chi connectivity index (χ4n) is 1.44. The maximum atomic E-state index is 9.12. The van der Waals surface area contributed by atoms with Crippen LogP contribution in [0.1, 0.15) is 19.5 Å². The number of pyridine rings is 1. The first-order valence-electron chi connectivity index (χ1n) is 5.48. The molecule has 2 N–H and O–H groups in total. The number of hydrogen-bond donors (Lipinski definition) is 2. The molecule has 0 aliphatic carbocycles. The lowest BCUT2D eigenvalue weighted by atomic mass is 10.1. The zero-order valence-corrected chi connectivity index (χ0v) is 9.48. The summed E-state index contributed by atoms with van der Waals surface area (Å²) in [6.45, 7) is 5.27. The van der Waals surface area contributed by atoms with Crippen LogP contribution in [-0.2, 0) is 6.42 Å². The van der Waals surface area contributed by atoms with E-state index in [1.165, 1.54) is 0 Å². The van der Waals surface area contributed by atoms with E-state index in [1.807, 2.05) is 18.2 Å². The first kappa shape index (κ1) is 12.1. The first-order chi connectivity index (χ1) is 7.24. The van der Waals surface area contributed by atoms with Gasteiger partial charge >= 0.3 is 0 Å². The highest BCUT2D eigenvalue weighted by Gasteiger charge is 2.10. The summed E-state index contributed by atoms with van der Waals surface area (Å²) >= 11 is 0. The number of nitrogens with zero attached hydrogens (tertiary/aromatic N) is 1. The highest BCUT2D eigenvalue weighted by atomic mass is 16.3. The molecule has 3 nitrogen and oxygen atoms in total. The molecule has 0 unspecified atom stereocenters. The Morgan fingerprint density at radius 1 is 1.40 bits per heavy atom. The van der Waals surface area contributed by atoms with Crippen molar-refractivity contribution in [3.63, 3.8) is 0 Å². The summed E-state index contributed by atoms with van der Waals surface area (Å²) in [4.78, 5) is 4.24. The summed E-state index contributed by atoms with van der Waals surface area (Å²) in [6.07, 6.45) is 2.71. The Morgan fingerprint density at radius 2 is 2.20 bits per heavy atom. The van der Waals surface area contributed by atoms with Gasteiger partial charge in [0.1, 0.15) is 0 Å². The van der Waals surface area contributed by atoms with E-state index in [1.54, 1.807) is 6.20 Å². The van der Waals surface area contributed by atoms with Crippen LogP contribution >= 0.6 is 0 Å². The molecule has 0 saturated carbocycles. The van der Waals surface area contributed by atoms with Gasteiger partial charge in [-0.15, -0.1) is 0 Å². The first-order valence-corrected chi connectivity index (χ1v) is 5.48. The molecule has 0 amide bonds. The van der Waals surface area contributed by atoms with Crippen LogP contribution in [0.3, 0.4) is 0 Å². The molecular weight excluding hydrogens is 188 g/mol. The van der Waals surface area contributed by atoms with Gasteiger partial charge in [-0.05, 0) is 18.1 Å². The summed E-state index contributed by atoms with van der Waals surface area (Å²) in [7, 11) is 0. The second-order valence-electron chi connectivity index (χ2n) is 4.06. The van der Waals surface area contributed by atoms with Crippen LogP contribution in [-0.4, -0.2) is 29.3 Å². The predicted octanol–water partition coefficient (Wildman–Crippen LogP) is 1.23. The molecule has 0 radical (unpaired) electrons. The van der Waals surface area contributed by atoms with Crippen LogP contribution in [0.15, 0.2) is 24.4 Å². The summed E-state index contributed by atoms with van der Waals surface area (Å²) in [5, 5.41) is 12.4. The summed E-state index contributed by atoms with van der Waals surface area (Å²) < 4.78 is 0. The number of hydrogen-bond acceptors (Lipinski definition) is 3. The third-order valence-corrected chi connectivity index (χ3v) is 2.52. The minimum atomic E-state index is 0.189. The van der Waals surface area contributed by atoms with Crippen molar-refractivity contribution in [3.05, 3.63) is 30.1 Å². The monoisotopic (exact) mass is 208 g/mol. The van der Waals surface area contributed by atoms with Crippen molar-refractivity contribution < 1.29 is 5.11 Å². The molecule has 0 bridgehead atoms. The van der Waals surface area contributed by atoms with E-state index in [0.717, 1.165) is 18.7 Å². The van der Waals surface area contributed by atoms with Gasteiger partial charge in [0.05, 0.1) is 6.61 Å². The van der Waals surface area contributed by atoms with E-state index >= 15 is 0 Å². The van der Waals surface area contributed by atoms with Gasteiger partial charge in [-0.2, -0.15) is 0 Å². The lowest BCUT2D eigenvalue weighted by molar-refractivity contribution is 0.211. The van der Waals surface area contributed by atoms with Crippen LogP contribution in [0.25, 0.3) is 0 Å². The van der Waals surface area contributed by atoms with E-state index in [-0.39, 0.29) is 12.6 Å². The quantitative estimate of drug-likeness (QED) is 0.739. The Labute approximate surface area is 91.5 Å². The Morgan fingerprint density at radius 3 is 2.73 bits per heavy atom. The molecule has 84 valence electrons. The lowest BCUT2D eigenvalue weighted by Gasteiger charge is -2.19. The Balaban J connectivity index is 2.27. The summed E-state index contributed by atoms with van der Waals surface area (Å²) in [5.74, 6) is 0.457. The molecule has 3 heteroatoms. The number of aromatic nitrogens is 1. The van der Waals surface area contributed by atoms with E-state index in [2.05, 4.69) is 24.1 Å². The van der Waals surface area contributed by atoms with Gasteiger partial charge < -0.3 is 10.4 Å². The summed E-state index contributed by atoms with van der Waals surface area (Å²) in [6, 6.07) is 6.12. The van der Waals surface area contributed by atoms with E-state index in [9.17, 15) is 0 Å². The van der Waals surface area contributed by atoms with Crippen LogP contribution in [0.4, 0.5) is 0 Å². The molecule has 1 heterocycles. The maximum absolute atomic E-state index is 9.12. The predicted molar refractivity (Wildman–Crippen MR) is 61.7 cm³/mol. The van der Waals surface area contributed by atoms with Gasteiger partial charge in [-0.1, -0.05) is 19.9 Å². The Hall–Kier alpha value is -0.930. The average molecular weight is 208 g/mol. The highest BCUT2D eigenvalue weighted by Crippen LogP contribution is 2.00. The Kier molecular flexibility index (Phi) is 5.29. The molecule has 0 aliphatic rings. The van der Waals surface area contributed by atoms with Crippen molar-refractivity contribution in [2.24, 2.45) is 5.92 Å². The smallest absolute Gasteiger partial charge is 0.0587 e. The molecule has 0 fully saturated rings. The van der Waals surface area contributed by atoms with Crippen LogP contribution in [0, 0.1) is 5.92 Å². The molecule has 0 saturated heterocycles. The van der Waals surface area contributed by atoms with Crippen molar-refractivity contribution in [2.45, 2.75) is 26.3 Å². The fourth-order valence-corrected chi connectivity index (χ4v) is 1.44. The zero-order chi connectivity index (χ0) is 11.1. The minimum absolute atomic E-state index is 0.189. The molecule has 0 spiro atoms. The van der Waals surface area contributed by atoms with E-state index in [0.29, 0.717) is 5.92 Å². The van der Waals surface area contributed by atoms with Gasteiger partial charge in [0, 0.05) is 30.9 Å². The molecule has 0 aliphatic heterocycles. The second-order valence-corrected chi connectivity index (χ2v) is 4.06. The maximum Gasteiger partial charge on any atom is 0.0587 e. The topological polar surface area (TPSA) is 45.1 Å². The SMILES string of the molecule is CC(C)[C@@H](CO)NCCc1ccccn1. The van der Waals surface area contributed by atoms with Gasteiger partial charge in [-0.3, -0.25) is 4.98 Å². The highest BCUT2D eigenvalue weighted by molar-refractivity contribution is 5.03. The third-order valence-electron chi connectivity index (χ3n) is 2.52. The second kappa shape index (κ2) is 6.53. The average Bonchev–Trinajstić information content (AvgIpc) is 2.25. The molecule has 0 aromatic carbocycles. The van der Waals surface area contributed by atoms with Crippen molar-refractivity contribution in [2.75, 3.05) is 13.2 Å². The largest absolute Gasteiger partial charge is 0.395 e. The fraction of sp³-hybridized carbons (Fsp3) is 0.583. The van der Waals surface area contributed by atoms with Crippen molar-refractivity contribution in [1.29, 1.82) is 0 Å². The number of aliphatic hydroxyl groups excluding tert-OH is 1. The molecular formula is C12H20N2O. The van der Waals surface area contributed by atoms with Gasteiger partial charge in [0.15, 0.2) is 0 Å². The summed E-state index contributed by atoms with van der Waals surface area (Å²) in [5.41, 5.74) is 1.09. The number of rotatable bonds is 6. The zero-order valence-electron chi connectivity index (χ0n) is 9.48. The van der Waals surface area contributed by atoms with Crippen molar-refractivity contribution >= 4 is 0 Å². The minimum Gasteiger partial charge on any atom is -0.395 e. The normalized spacial score (nSPS) is 13.1. The van der Waals surface area contributed by atoms with Crippen LogP contribution < -0.4 is 5.32 Å².